The molecule has 90 valence electrons. The monoisotopic (exact) mass is 216 g/mol. The molecule has 0 aliphatic heterocycles. The maximum atomic E-state index is 11.5. The van der Waals surface area contributed by atoms with Crippen LogP contribution in [-0.4, -0.2) is 34.7 Å². The van der Waals surface area contributed by atoms with Crippen molar-refractivity contribution in [2.45, 2.75) is 58.7 Å². The van der Waals surface area contributed by atoms with E-state index >= 15 is 0 Å². The molecule has 4 nitrogen and oxygen atoms in total. The summed E-state index contributed by atoms with van der Waals surface area (Å²) in [6.45, 7) is 11.5. The van der Waals surface area contributed by atoms with Crippen LogP contribution in [-0.2, 0) is 4.79 Å². The van der Waals surface area contributed by atoms with Crippen LogP contribution in [0.5, 0.6) is 0 Å². The standard InChI is InChI=1S/C11H24N2O2/c1-8(14)11(5,6)13-9(15)7-12-10(2,3)4/h8,12,14H,7H2,1-6H3,(H,13,15). The summed E-state index contributed by atoms with van der Waals surface area (Å²) < 4.78 is 0. The largest absolute Gasteiger partial charge is 0.391 e. The topological polar surface area (TPSA) is 61.4 Å². The Morgan fingerprint density at radius 1 is 1.27 bits per heavy atom. The molecule has 0 radical (unpaired) electrons. The average Bonchev–Trinajstić information content (AvgIpc) is 1.98. The molecule has 0 saturated heterocycles. The zero-order chi connectivity index (χ0) is 12.3. The fourth-order valence-electron chi connectivity index (χ4n) is 0.853. The first-order chi connectivity index (χ1) is 6.54. The fraction of sp³-hybridized carbons (Fsp3) is 0.909. The number of amides is 1. The number of aliphatic hydroxyl groups is 1. The highest BCUT2D eigenvalue weighted by Crippen LogP contribution is 2.07. The normalized spacial score (nSPS) is 14.9. The van der Waals surface area contributed by atoms with Gasteiger partial charge in [-0.2, -0.15) is 0 Å². The lowest BCUT2D eigenvalue weighted by Gasteiger charge is -2.30. The van der Waals surface area contributed by atoms with Crippen molar-refractivity contribution in [3.63, 3.8) is 0 Å². The Balaban J connectivity index is 4.05. The summed E-state index contributed by atoms with van der Waals surface area (Å²) in [6, 6.07) is 0. The lowest BCUT2D eigenvalue weighted by atomic mass is 9.99. The molecule has 1 atom stereocenters. The van der Waals surface area contributed by atoms with E-state index in [9.17, 15) is 9.90 Å². The summed E-state index contributed by atoms with van der Waals surface area (Å²) in [7, 11) is 0. The van der Waals surface area contributed by atoms with Crippen molar-refractivity contribution in [2.24, 2.45) is 0 Å². The third-order valence-corrected chi connectivity index (χ3v) is 2.29. The van der Waals surface area contributed by atoms with Crippen LogP contribution in [0.3, 0.4) is 0 Å². The van der Waals surface area contributed by atoms with Crippen LogP contribution >= 0.6 is 0 Å². The van der Waals surface area contributed by atoms with Gasteiger partial charge < -0.3 is 15.7 Å². The lowest BCUT2D eigenvalue weighted by molar-refractivity contribution is -0.123. The molecule has 0 fully saturated rings. The molecule has 0 heterocycles. The molecular formula is C11H24N2O2. The Labute approximate surface area is 92.4 Å². The maximum Gasteiger partial charge on any atom is 0.234 e. The first-order valence-corrected chi connectivity index (χ1v) is 5.29. The van der Waals surface area contributed by atoms with Crippen LogP contribution in [0.1, 0.15) is 41.5 Å². The van der Waals surface area contributed by atoms with Gasteiger partial charge in [0, 0.05) is 5.54 Å². The third-order valence-electron chi connectivity index (χ3n) is 2.29. The van der Waals surface area contributed by atoms with Gasteiger partial charge in [0.25, 0.3) is 0 Å². The number of carbonyl (C=O) groups excluding carboxylic acids is 1. The van der Waals surface area contributed by atoms with Crippen LogP contribution < -0.4 is 10.6 Å². The molecule has 0 aliphatic rings. The van der Waals surface area contributed by atoms with Crippen LogP contribution in [0.4, 0.5) is 0 Å². The molecule has 0 aromatic rings. The molecule has 1 unspecified atom stereocenters. The van der Waals surface area contributed by atoms with Crippen LogP contribution in [0.2, 0.25) is 0 Å². The second kappa shape index (κ2) is 4.94. The minimum Gasteiger partial charge on any atom is -0.391 e. The molecule has 0 saturated carbocycles. The molecule has 0 aromatic carbocycles. The van der Waals surface area contributed by atoms with E-state index < -0.39 is 11.6 Å². The van der Waals surface area contributed by atoms with Gasteiger partial charge >= 0.3 is 0 Å². The molecule has 1 amide bonds. The first kappa shape index (κ1) is 14.4. The number of carbonyl (C=O) groups is 1. The van der Waals surface area contributed by atoms with E-state index in [-0.39, 0.29) is 18.0 Å². The second-order valence-electron chi connectivity index (χ2n) is 5.55. The third kappa shape index (κ3) is 6.47. The van der Waals surface area contributed by atoms with Crippen LogP contribution in [0, 0.1) is 0 Å². The average molecular weight is 216 g/mol. The molecule has 15 heavy (non-hydrogen) atoms. The van der Waals surface area contributed by atoms with Crippen molar-refractivity contribution < 1.29 is 9.90 Å². The summed E-state index contributed by atoms with van der Waals surface area (Å²) in [5.41, 5.74) is -0.664. The molecule has 0 spiro atoms. The number of hydrogen-bond donors (Lipinski definition) is 3. The smallest absolute Gasteiger partial charge is 0.234 e. The van der Waals surface area contributed by atoms with Gasteiger partial charge in [-0.05, 0) is 41.5 Å². The van der Waals surface area contributed by atoms with Gasteiger partial charge in [0.2, 0.25) is 5.91 Å². The lowest BCUT2D eigenvalue weighted by Crippen LogP contribution is -2.54. The summed E-state index contributed by atoms with van der Waals surface area (Å²) in [6.07, 6.45) is -0.573. The Bertz CT molecular complexity index is 217. The van der Waals surface area contributed by atoms with E-state index in [0.29, 0.717) is 0 Å². The summed E-state index contributed by atoms with van der Waals surface area (Å²) in [4.78, 5) is 11.5. The van der Waals surface area contributed by atoms with E-state index in [1.54, 1.807) is 20.8 Å². The molecule has 0 aliphatic carbocycles. The number of aliphatic hydroxyl groups excluding tert-OH is 1. The van der Waals surface area contributed by atoms with E-state index in [1.807, 2.05) is 20.8 Å². The highest BCUT2D eigenvalue weighted by molar-refractivity contribution is 5.78. The molecule has 0 aromatic heterocycles. The van der Waals surface area contributed by atoms with Gasteiger partial charge in [-0.1, -0.05) is 0 Å². The second-order valence-corrected chi connectivity index (χ2v) is 5.55. The Morgan fingerprint density at radius 3 is 2.07 bits per heavy atom. The predicted octanol–water partition coefficient (Wildman–Crippen LogP) is 0.650. The SMILES string of the molecule is CC(O)C(C)(C)NC(=O)CNC(C)(C)C. The van der Waals surface area contributed by atoms with Crippen molar-refractivity contribution in [3.05, 3.63) is 0 Å². The molecular weight excluding hydrogens is 192 g/mol. The molecule has 0 rings (SSSR count). The van der Waals surface area contributed by atoms with Crippen molar-refractivity contribution >= 4 is 5.91 Å². The van der Waals surface area contributed by atoms with Crippen LogP contribution in [0.25, 0.3) is 0 Å². The number of rotatable bonds is 4. The zero-order valence-electron chi connectivity index (χ0n) is 10.6. The summed E-state index contributed by atoms with van der Waals surface area (Å²) in [5, 5.41) is 15.3. The fourth-order valence-corrected chi connectivity index (χ4v) is 0.853. The van der Waals surface area contributed by atoms with Crippen molar-refractivity contribution in [1.29, 1.82) is 0 Å². The number of hydrogen-bond acceptors (Lipinski definition) is 3. The minimum absolute atomic E-state index is 0.0771. The minimum atomic E-state index is -0.587. The quantitative estimate of drug-likeness (QED) is 0.646. The van der Waals surface area contributed by atoms with E-state index in [1.165, 1.54) is 0 Å². The highest BCUT2D eigenvalue weighted by atomic mass is 16.3. The number of nitrogens with one attached hydrogen (secondary N) is 2. The van der Waals surface area contributed by atoms with Gasteiger partial charge in [-0.25, -0.2) is 0 Å². The summed E-state index contributed by atoms with van der Waals surface area (Å²) in [5.74, 6) is -0.101. The molecule has 0 bridgehead atoms. The predicted molar refractivity (Wildman–Crippen MR) is 61.7 cm³/mol. The molecule has 4 heteroatoms. The molecule has 3 N–H and O–H groups in total. The Kier molecular flexibility index (Phi) is 4.74. The van der Waals surface area contributed by atoms with E-state index in [0.717, 1.165) is 0 Å². The van der Waals surface area contributed by atoms with Gasteiger partial charge in [0.1, 0.15) is 0 Å². The Morgan fingerprint density at radius 2 is 1.73 bits per heavy atom. The van der Waals surface area contributed by atoms with E-state index in [2.05, 4.69) is 10.6 Å². The van der Waals surface area contributed by atoms with Crippen molar-refractivity contribution in [3.8, 4) is 0 Å². The zero-order valence-corrected chi connectivity index (χ0v) is 10.6. The highest BCUT2D eigenvalue weighted by Gasteiger charge is 2.26. The van der Waals surface area contributed by atoms with Crippen LogP contribution in [0.15, 0.2) is 0 Å². The Hall–Kier alpha value is -0.610. The van der Waals surface area contributed by atoms with Gasteiger partial charge in [-0.15, -0.1) is 0 Å². The van der Waals surface area contributed by atoms with Gasteiger partial charge in [0.05, 0.1) is 18.2 Å². The van der Waals surface area contributed by atoms with Gasteiger partial charge in [-0.3, -0.25) is 4.79 Å². The summed E-state index contributed by atoms with van der Waals surface area (Å²) >= 11 is 0. The first-order valence-electron chi connectivity index (χ1n) is 5.29. The van der Waals surface area contributed by atoms with E-state index in [4.69, 9.17) is 0 Å². The van der Waals surface area contributed by atoms with Gasteiger partial charge in [0.15, 0.2) is 0 Å². The maximum absolute atomic E-state index is 11.5. The van der Waals surface area contributed by atoms with Crippen molar-refractivity contribution in [1.82, 2.24) is 10.6 Å². The van der Waals surface area contributed by atoms with Crippen molar-refractivity contribution in [2.75, 3.05) is 6.54 Å².